The van der Waals surface area contributed by atoms with Crippen molar-refractivity contribution in [3.05, 3.63) is 22.5 Å². The van der Waals surface area contributed by atoms with Crippen molar-refractivity contribution in [2.24, 2.45) is 0 Å². The second-order valence-corrected chi connectivity index (χ2v) is 2.73. The lowest BCUT2D eigenvalue weighted by molar-refractivity contribution is 0.146. The zero-order valence-corrected chi connectivity index (χ0v) is 7.85. The van der Waals surface area contributed by atoms with Crippen LogP contribution in [0.2, 0.25) is 5.02 Å². The maximum atomic E-state index is 12.3. The van der Waals surface area contributed by atoms with Crippen molar-refractivity contribution in [3.8, 4) is 11.8 Å². The molecule has 0 fully saturated rings. The van der Waals surface area contributed by atoms with Gasteiger partial charge in [0.15, 0.2) is 11.4 Å². The Morgan fingerprint density at radius 2 is 2.29 bits per heavy atom. The van der Waals surface area contributed by atoms with Gasteiger partial charge in [-0.3, -0.25) is 0 Å². The third-order valence-electron chi connectivity index (χ3n) is 1.50. The highest BCUT2D eigenvalue weighted by Crippen LogP contribution is 2.29. The molecule has 0 N–H and O–H groups in total. The summed E-state index contributed by atoms with van der Waals surface area (Å²) in [5.41, 5.74) is -0.809. The van der Waals surface area contributed by atoms with E-state index < -0.39 is 12.1 Å². The molecule has 0 bridgehead atoms. The van der Waals surface area contributed by atoms with Crippen LogP contribution in [0.5, 0.6) is 5.75 Å². The van der Waals surface area contributed by atoms with Gasteiger partial charge in [-0.25, -0.2) is 13.8 Å². The Morgan fingerprint density at radius 1 is 1.64 bits per heavy atom. The van der Waals surface area contributed by atoms with Crippen LogP contribution in [0.15, 0.2) is 6.07 Å². The van der Waals surface area contributed by atoms with Crippen LogP contribution in [0.3, 0.4) is 0 Å². The first-order valence-corrected chi connectivity index (χ1v) is 3.90. The van der Waals surface area contributed by atoms with Crippen LogP contribution in [0.1, 0.15) is 17.8 Å². The van der Waals surface area contributed by atoms with E-state index in [1.165, 1.54) is 7.11 Å². The van der Waals surface area contributed by atoms with Gasteiger partial charge in [0.1, 0.15) is 11.8 Å². The Hall–Kier alpha value is -1.41. The highest BCUT2D eigenvalue weighted by atomic mass is 35.5. The molecular weight excluding hydrogens is 214 g/mol. The summed E-state index contributed by atoms with van der Waals surface area (Å²) in [6.07, 6.45) is -2.81. The lowest BCUT2D eigenvalue weighted by Gasteiger charge is -2.06. The van der Waals surface area contributed by atoms with Crippen LogP contribution in [0.4, 0.5) is 8.78 Å². The molecule has 0 saturated heterocycles. The Labute approximate surface area is 83.9 Å². The Morgan fingerprint density at radius 3 is 2.71 bits per heavy atom. The van der Waals surface area contributed by atoms with Crippen molar-refractivity contribution >= 4 is 11.6 Å². The molecule has 0 radical (unpaired) electrons. The maximum absolute atomic E-state index is 12.3. The monoisotopic (exact) mass is 218 g/mol. The van der Waals surface area contributed by atoms with Gasteiger partial charge in [-0.1, -0.05) is 11.6 Å². The molecule has 3 nitrogen and oxygen atoms in total. The summed E-state index contributed by atoms with van der Waals surface area (Å²) in [5.74, 6) is 0.0851. The van der Waals surface area contributed by atoms with Gasteiger partial charge in [-0.05, 0) is 0 Å². The second kappa shape index (κ2) is 4.20. The predicted octanol–water partition coefficient (Wildman–Crippen LogP) is 2.55. The van der Waals surface area contributed by atoms with Gasteiger partial charge in [0, 0.05) is 6.07 Å². The van der Waals surface area contributed by atoms with Gasteiger partial charge in [-0.15, -0.1) is 0 Å². The van der Waals surface area contributed by atoms with Crippen LogP contribution >= 0.6 is 11.6 Å². The van der Waals surface area contributed by atoms with E-state index in [0.29, 0.717) is 0 Å². The van der Waals surface area contributed by atoms with Crippen molar-refractivity contribution in [2.75, 3.05) is 7.11 Å². The minimum absolute atomic E-state index is 0.0851. The number of aromatic nitrogens is 1. The van der Waals surface area contributed by atoms with Crippen molar-refractivity contribution in [1.29, 1.82) is 5.26 Å². The number of hydrogen-bond acceptors (Lipinski definition) is 3. The standard InChI is InChI=1S/C8H5ClF2N2O/c1-14-6-2-4(9)7(8(10)11)13-5(6)3-12/h2,8H,1H3. The predicted molar refractivity (Wildman–Crippen MR) is 45.5 cm³/mol. The Bertz CT molecular complexity index is 390. The molecule has 0 unspecified atom stereocenters. The molecule has 1 heterocycles. The van der Waals surface area contributed by atoms with E-state index in [9.17, 15) is 8.78 Å². The number of halogens is 3. The molecule has 0 aliphatic carbocycles. The number of alkyl halides is 2. The number of nitriles is 1. The lowest BCUT2D eigenvalue weighted by Crippen LogP contribution is -1.98. The van der Waals surface area contributed by atoms with Crippen LogP contribution < -0.4 is 4.74 Å². The van der Waals surface area contributed by atoms with Crippen molar-refractivity contribution in [1.82, 2.24) is 4.98 Å². The van der Waals surface area contributed by atoms with E-state index in [2.05, 4.69) is 4.98 Å². The number of nitrogens with zero attached hydrogens (tertiary/aromatic N) is 2. The van der Waals surface area contributed by atoms with Gasteiger partial charge < -0.3 is 4.74 Å². The summed E-state index contributed by atoms with van der Waals surface area (Å²) in [6, 6.07) is 2.79. The van der Waals surface area contributed by atoms with E-state index in [1.807, 2.05) is 0 Å². The van der Waals surface area contributed by atoms with E-state index >= 15 is 0 Å². The fourth-order valence-electron chi connectivity index (χ4n) is 0.875. The topological polar surface area (TPSA) is 45.9 Å². The van der Waals surface area contributed by atoms with Crippen LogP contribution in [0.25, 0.3) is 0 Å². The van der Waals surface area contributed by atoms with Crippen molar-refractivity contribution in [3.63, 3.8) is 0 Å². The fourth-order valence-corrected chi connectivity index (χ4v) is 1.10. The van der Waals surface area contributed by atoms with E-state index in [0.717, 1.165) is 6.07 Å². The third kappa shape index (κ3) is 1.91. The molecule has 14 heavy (non-hydrogen) atoms. The zero-order valence-electron chi connectivity index (χ0n) is 7.09. The summed E-state index contributed by atoms with van der Waals surface area (Å²) in [7, 11) is 1.30. The zero-order chi connectivity index (χ0) is 10.7. The first-order valence-electron chi connectivity index (χ1n) is 3.52. The average molecular weight is 219 g/mol. The number of pyridine rings is 1. The smallest absolute Gasteiger partial charge is 0.281 e. The highest BCUT2D eigenvalue weighted by Gasteiger charge is 2.17. The van der Waals surface area contributed by atoms with Crippen LogP contribution in [0, 0.1) is 11.3 Å². The number of ether oxygens (including phenoxy) is 1. The summed E-state index contributed by atoms with van der Waals surface area (Å²) >= 11 is 5.50. The molecule has 1 aromatic rings. The van der Waals surface area contributed by atoms with Crippen molar-refractivity contribution < 1.29 is 13.5 Å². The highest BCUT2D eigenvalue weighted by molar-refractivity contribution is 6.31. The van der Waals surface area contributed by atoms with Crippen LogP contribution in [-0.4, -0.2) is 12.1 Å². The number of hydrogen-bond donors (Lipinski definition) is 0. The Kier molecular flexibility index (Phi) is 3.20. The lowest BCUT2D eigenvalue weighted by atomic mass is 10.3. The molecule has 0 atom stereocenters. The normalized spacial score (nSPS) is 10.0. The molecule has 6 heteroatoms. The molecule has 1 rings (SSSR count). The van der Waals surface area contributed by atoms with Gasteiger partial charge in [0.25, 0.3) is 6.43 Å². The SMILES string of the molecule is COc1cc(Cl)c(C(F)F)nc1C#N. The molecule has 0 spiro atoms. The minimum atomic E-state index is -2.81. The third-order valence-corrected chi connectivity index (χ3v) is 1.80. The largest absolute Gasteiger partial charge is 0.494 e. The summed E-state index contributed by atoms with van der Waals surface area (Å²) in [5, 5.41) is 8.35. The van der Waals surface area contributed by atoms with E-state index in [-0.39, 0.29) is 16.5 Å². The summed E-state index contributed by atoms with van der Waals surface area (Å²) in [4.78, 5) is 3.39. The molecule has 0 aliphatic rings. The molecule has 0 aromatic carbocycles. The number of rotatable bonds is 2. The second-order valence-electron chi connectivity index (χ2n) is 2.32. The maximum Gasteiger partial charge on any atom is 0.281 e. The quantitative estimate of drug-likeness (QED) is 0.766. The molecule has 74 valence electrons. The van der Waals surface area contributed by atoms with Gasteiger partial charge in [-0.2, -0.15) is 5.26 Å². The molecular formula is C8H5ClF2N2O. The summed E-state index contributed by atoms with van der Waals surface area (Å²) in [6.45, 7) is 0. The molecule has 1 aromatic heterocycles. The van der Waals surface area contributed by atoms with E-state index in [4.69, 9.17) is 21.6 Å². The van der Waals surface area contributed by atoms with E-state index in [1.54, 1.807) is 6.07 Å². The average Bonchev–Trinajstić information content (AvgIpc) is 2.16. The molecule has 0 amide bonds. The molecule has 0 aliphatic heterocycles. The van der Waals surface area contributed by atoms with Gasteiger partial charge in [0.2, 0.25) is 0 Å². The first-order chi connectivity index (χ1) is 6.60. The minimum Gasteiger partial charge on any atom is -0.494 e. The Balaban J connectivity index is 3.32. The first kappa shape index (κ1) is 10.7. The van der Waals surface area contributed by atoms with Gasteiger partial charge >= 0.3 is 0 Å². The van der Waals surface area contributed by atoms with Gasteiger partial charge in [0.05, 0.1) is 12.1 Å². The summed E-state index contributed by atoms with van der Waals surface area (Å²) < 4.78 is 29.3. The van der Waals surface area contributed by atoms with Crippen LogP contribution in [-0.2, 0) is 0 Å². The molecule has 0 saturated carbocycles. The fraction of sp³-hybridized carbons (Fsp3) is 0.250. The number of methoxy groups -OCH3 is 1. The van der Waals surface area contributed by atoms with Crippen molar-refractivity contribution in [2.45, 2.75) is 6.43 Å².